The van der Waals surface area contributed by atoms with Crippen molar-refractivity contribution in [3.8, 4) is 56.0 Å². The summed E-state index contributed by atoms with van der Waals surface area (Å²) in [6.45, 7) is 4.55. The topological polar surface area (TPSA) is 37.9 Å². The highest BCUT2D eigenvalue weighted by Crippen LogP contribution is 2.42. The van der Waals surface area contributed by atoms with Gasteiger partial charge in [0.1, 0.15) is 7.05 Å². The number of nitrogens with zero attached hydrogens (tertiary/aromatic N) is 3. The third-order valence-electron chi connectivity index (χ3n) is 11.3. The maximum absolute atomic E-state index is 14.9. The molecule has 5 nitrogen and oxygen atoms in total. The van der Waals surface area contributed by atoms with Gasteiger partial charge in [0, 0.05) is 42.8 Å². The fraction of sp³-hybridized carbons (Fsp3) is 0.102. The lowest BCUT2D eigenvalue weighted by Crippen LogP contribution is -2.61. The Hall–Kier alpha value is -6.72. The van der Waals surface area contributed by atoms with Crippen LogP contribution in [0.1, 0.15) is 34.1 Å². The van der Waals surface area contributed by atoms with Crippen LogP contribution in [0.2, 0.25) is 0 Å². The number of aromatic nitrogens is 3. The van der Waals surface area contributed by atoms with Crippen LogP contribution in [0.3, 0.4) is 0 Å². The number of aryl methyl sites for hydroxylation is 2. The highest BCUT2D eigenvalue weighted by atomic mass is 16.6. The molecule has 0 N–H and O–H groups in total. The third-order valence-corrected chi connectivity index (χ3v) is 11.3. The first-order chi connectivity index (χ1) is 26.4. The van der Waals surface area contributed by atoms with E-state index in [2.05, 4.69) is 174 Å². The summed E-state index contributed by atoms with van der Waals surface area (Å²) < 4.78 is 13.4. The van der Waals surface area contributed by atoms with E-state index >= 15 is 0 Å². The fourth-order valence-corrected chi connectivity index (χ4v) is 8.60. The number of ether oxygens (including phenoxy) is 1. The summed E-state index contributed by atoms with van der Waals surface area (Å²) >= 11 is 0. The monoisotopic (exact) mass is 700 g/mol. The molecule has 1 unspecified atom stereocenters. The molecule has 11 rings (SSSR count). The molecule has 5 heteroatoms. The van der Waals surface area contributed by atoms with Gasteiger partial charge in [0.05, 0.1) is 27.6 Å². The zero-order valence-corrected chi connectivity index (χ0v) is 30.5. The second-order valence-corrected chi connectivity index (χ2v) is 14.6. The second kappa shape index (κ2) is 12.2. The summed E-state index contributed by atoms with van der Waals surface area (Å²) in [4.78, 5) is 14.9. The van der Waals surface area contributed by atoms with Gasteiger partial charge in [-0.25, -0.2) is 9.36 Å². The molecule has 0 amide bonds. The lowest BCUT2D eigenvalue weighted by Gasteiger charge is -2.31. The Balaban J connectivity index is 1.39. The molecule has 4 bridgehead atoms. The molecular weight excluding hydrogens is 663 g/mol. The third kappa shape index (κ3) is 4.92. The first-order valence-corrected chi connectivity index (χ1v) is 18.5. The lowest BCUT2D eigenvalue weighted by molar-refractivity contribution is -0.780. The van der Waals surface area contributed by atoms with Gasteiger partial charge in [0.25, 0.3) is 5.69 Å². The zero-order valence-electron chi connectivity index (χ0n) is 30.5. The van der Waals surface area contributed by atoms with E-state index in [1.807, 2.05) is 25.1 Å². The molecule has 0 radical (unpaired) electrons. The molecule has 0 saturated heterocycles. The summed E-state index contributed by atoms with van der Waals surface area (Å²) in [5.74, 6) is -0.369. The van der Waals surface area contributed by atoms with Gasteiger partial charge in [-0.2, -0.15) is 9.13 Å². The molecule has 54 heavy (non-hydrogen) atoms. The van der Waals surface area contributed by atoms with Gasteiger partial charge in [0.15, 0.2) is 18.9 Å². The van der Waals surface area contributed by atoms with Crippen molar-refractivity contribution in [3.63, 3.8) is 0 Å². The quantitative estimate of drug-likeness (QED) is 0.136. The van der Waals surface area contributed by atoms with Gasteiger partial charge < -0.3 is 4.74 Å². The zero-order chi connectivity index (χ0) is 36.6. The van der Waals surface area contributed by atoms with E-state index in [-0.39, 0.29) is 5.97 Å². The van der Waals surface area contributed by atoms with Crippen molar-refractivity contribution in [1.82, 2.24) is 0 Å². The summed E-state index contributed by atoms with van der Waals surface area (Å²) in [6, 6.07) is 53.4. The van der Waals surface area contributed by atoms with Crippen LogP contribution in [0.4, 0.5) is 0 Å². The molecule has 8 aromatic rings. The predicted molar refractivity (Wildman–Crippen MR) is 211 cm³/mol. The van der Waals surface area contributed by atoms with E-state index in [0.29, 0.717) is 12.2 Å². The van der Waals surface area contributed by atoms with Crippen molar-refractivity contribution in [2.45, 2.75) is 26.1 Å². The van der Waals surface area contributed by atoms with Gasteiger partial charge >= 0.3 is 11.7 Å². The number of esters is 1. The van der Waals surface area contributed by atoms with Crippen molar-refractivity contribution in [2.24, 2.45) is 7.05 Å². The number of carbonyl (C=O) groups excluding carboxylic acids is 1. The number of hydrogen-bond donors (Lipinski definition) is 0. The standard InChI is InChI=1S/C49H38N3O2/c1-32-20-22-34(23-21-32)37-29-45-39-17-9-10-18-43(39)49(2)52-25-12-11-19-44(52)40-27-36(33-13-5-4-6-14-33)28-41(42(40)31-51(45)46(30-37)48(53)54-49)47-38-16-8-7-15-35(38)24-26-50(47)3/h4-30H,31H2,1-3H3/q+3. The highest BCUT2D eigenvalue weighted by molar-refractivity contribution is 5.96. The van der Waals surface area contributed by atoms with Gasteiger partial charge in [-0.1, -0.05) is 90.5 Å². The highest BCUT2D eigenvalue weighted by Gasteiger charge is 2.51. The Morgan fingerprint density at radius 1 is 0.593 bits per heavy atom. The van der Waals surface area contributed by atoms with E-state index in [0.717, 1.165) is 72.5 Å². The van der Waals surface area contributed by atoms with E-state index in [1.165, 1.54) is 10.9 Å². The van der Waals surface area contributed by atoms with Crippen LogP contribution in [0, 0.1) is 6.92 Å². The lowest BCUT2D eigenvalue weighted by atomic mass is 9.86. The Bertz CT molecular complexity index is 2830. The molecule has 258 valence electrons. The number of rotatable bonds is 3. The van der Waals surface area contributed by atoms with Crippen LogP contribution in [-0.4, -0.2) is 5.97 Å². The average molecular weight is 701 g/mol. The average Bonchev–Trinajstić information content (AvgIpc) is 3.21. The molecule has 5 aromatic carbocycles. The smallest absolute Gasteiger partial charge is 0.388 e. The van der Waals surface area contributed by atoms with E-state index in [1.54, 1.807) is 0 Å². The van der Waals surface area contributed by atoms with Crippen molar-refractivity contribution in [2.75, 3.05) is 0 Å². The molecule has 3 aliphatic heterocycles. The van der Waals surface area contributed by atoms with Crippen LogP contribution in [0.25, 0.3) is 66.8 Å². The molecule has 1 atom stereocenters. The molecule has 3 aliphatic rings. The van der Waals surface area contributed by atoms with E-state index < -0.39 is 5.72 Å². The molecular formula is C49H38N3O2+3. The molecule has 6 heterocycles. The van der Waals surface area contributed by atoms with Gasteiger partial charge in [-0.15, -0.1) is 0 Å². The van der Waals surface area contributed by atoms with Gasteiger partial charge in [-0.05, 0) is 71.0 Å². The maximum Gasteiger partial charge on any atom is 0.409 e. The summed E-state index contributed by atoms with van der Waals surface area (Å²) in [7, 11) is 2.13. The second-order valence-electron chi connectivity index (χ2n) is 14.6. The van der Waals surface area contributed by atoms with Crippen molar-refractivity contribution >= 4 is 16.7 Å². The van der Waals surface area contributed by atoms with Crippen molar-refractivity contribution < 1.29 is 23.2 Å². The van der Waals surface area contributed by atoms with Crippen molar-refractivity contribution in [3.05, 3.63) is 186 Å². The first-order valence-electron chi connectivity index (χ1n) is 18.5. The Kier molecular flexibility index (Phi) is 7.21. The van der Waals surface area contributed by atoms with Crippen LogP contribution < -0.4 is 13.7 Å². The largest absolute Gasteiger partial charge is 0.409 e. The summed E-state index contributed by atoms with van der Waals surface area (Å²) in [5, 5.41) is 2.33. The Morgan fingerprint density at radius 2 is 1.28 bits per heavy atom. The van der Waals surface area contributed by atoms with Crippen LogP contribution in [0.5, 0.6) is 0 Å². The Labute approximate surface area is 314 Å². The van der Waals surface area contributed by atoms with Gasteiger partial charge in [-0.3, -0.25) is 0 Å². The Morgan fingerprint density at radius 3 is 2.13 bits per heavy atom. The summed E-state index contributed by atoms with van der Waals surface area (Å²) in [6.07, 6.45) is 4.20. The summed E-state index contributed by atoms with van der Waals surface area (Å²) in [5.41, 5.74) is 13.1. The fourth-order valence-electron chi connectivity index (χ4n) is 8.60. The minimum absolute atomic E-state index is 0.369. The molecule has 0 saturated carbocycles. The predicted octanol–water partition coefficient (Wildman–Crippen LogP) is 9.14. The number of pyridine rings is 3. The van der Waals surface area contributed by atoms with Crippen molar-refractivity contribution in [1.29, 1.82) is 0 Å². The maximum atomic E-state index is 14.9. The molecule has 0 spiro atoms. The number of hydrogen-bond acceptors (Lipinski definition) is 2. The number of carbonyl (C=O) groups is 1. The molecule has 0 aliphatic carbocycles. The minimum Gasteiger partial charge on any atom is -0.388 e. The number of benzene rings is 5. The SMILES string of the molecule is Cc1ccc(-c2cc3[n+]4c(c2)-c2ccccc2C(C)(OC3=O)[n+]2ccccc2-c2cc(-c3ccccc3)cc(-c3c5ccccc5cc[n+]3C)c2C4)cc1. The van der Waals surface area contributed by atoms with Crippen LogP contribution in [-0.2, 0) is 24.1 Å². The van der Waals surface area contributed by atoms with Crippen LogP contribution in [0.15, 0.2) is 164 Å². The van der Waals surface area contributed by atoms with Crippen LogP contribution >= 0.6 is 0 Å². The first kappa shape index (κ1) is 32.0. The van der Waals surface area contributed by atoms with E-state index in [9.17, 15) is 4.79 Å². The molecule has 0 fully saturated rings. The minimum atomic E-state index is -1.18. The van der Waals surface area contributed by atoms with Gasteiger partial charge in [0.2, 0.25) is 17.1 Å². The molecule has 3 aromatic heterocycles. The normalized spacial score (nSPS) is 15.5. The van der Waals surface area contributed by atoms with E-state index in [4.69, 9.17) is 4.74 Å². The number of fused-ring (bicyclic) bond motifs is 2.